The van der Waals surface area contributed by atoms with E-state index in [1.165, 1.54) is 16.2 Å². The number of carboxylic acids is 1. The largest absolute Gasteiger partial charge is 0.479 e. The van der Waals surface area contributed by atoms with Crippen LogP contribution in [-0.2, 0) is 4.79 Å². The Bertz CT molecular complexity index is 829. The van der Waals surface area contributed by atoms with Gasteiger partial charge in [-0.15, -0.1) is 11.3 Å². The van der Waals surface area contributed by atoms with Crippen molar-refractivity contribution in [2.45, 2.75) is 12.1 Å². The molecule has 126 valence electrons. The first-order chi connectivity index (χ1) is 11.3. The number of rotatable bonds is 3. The fourth-order valence-electron chi connectivity index (χ4n) is 2.42. The Hall–Kier alpha value is -1.70. The lowest BCUT2D eigenvalue weighted by molar-refractivity contribution is -0.149. The second-order valence-electron chi connectivity index (χ2n) is 5.41. The van der Waals surface area contributed by atoms with Crippen molar-refractivity contribution in [1.82, 2.24) is 9.88 Å². The molecule has 9 heteroatoms. The molecule has 0 saturated carbocycles. The third-order valence-corrected chi connectivity index (χ3v) is 5.41. The van der Waals surface area contributed by atoms with Gasteiger partial charge in [0.1, 0.15) is 10.7 Å². The summed E-state index contributed by atoms with van der Waals surface area (Å²) >= 11 is 13.1. The number of benzene rings is 1. The first-order valence-corrected chi connectivity index (χ1v) is 8.56. The lowest BCUT2D eigenvalue weighted by atomic mass is 10.1. The van der Waals surface area contributed by atoms with Gasteiger partial charge < -0.3 is 10.0 Å². The second kappa shape index (κ2) is 6.31. The Morgan fingerprint density at radius 1 is 1.33 bits per heavy atom. The molecule has 0 radical (unpaired) electrons. The number of carbonyl (C=O) groups excluding carboxylic acids is 1. The van der Waals surface area contributed by atoms with Crippen molar-refractivity contribution >= 4 is 46.4 Å². The van der Waals surface area contributed by atoms with Crippen molar-refractivity contribution in [3.63, 3.8) is 0 Å². The fraction of sp³-hybridized carbons (Fsp3) is 0.267. The summed E-state index contributed by atoms with van der Waals surface area (Å²) in [4.78, 5) is 28.7. The molecule has 1 N–H and O–H groups in total. The van der Waals surface area contributed by atoms with E-state index in [-0.39, 0.29) is 18.7 Å². The fourth-order valence-corrected chi connectivity index (χ4v) is 3.51. The first-order valence-electron chi connectivity index (χ1n) is 6.93. The highest BCUT2D eigenvalue weighted by molar-refractivity contribution is 7.13. The number of nitrogens with zero attached hydrogens (tertiary/aromatic N) is 2. The van der Waals surface area contributed by atoms with Crippen molar-refractivity contribution < 1.29 is 19.1 Å². The average molecular weight is 389 g/mol. The van der Waals surface area contributed by atoms with Crippen molar-refractivity contribution in [1.29, 1.82) is 0 Å². The van der Waals surface area contributed by atoms with Crippen LogP contribution in [0.4, 0.5) is 4.39 Å². The molecule has 1 saturated heterocycles. The Labute approximate surface area is 150 Å². The van der Waals surface area contributed by atoms with Crippen LogP contribution in [0.15, 0.2) is 23.6 Å². The number of aliphatic carboxylic acids is 1. The van der Waals surface area contributed by atoms with Gasteiger partial charge in [-0.2, -0.15) is 0 Å². The summed E-state index contributed by atoms with van der Waals surface area (Å²) in [6, 6.07) is 5.00. The van der Waals surface area contributed by atoms with Gasteiger partial charge in [0.2, 0.25) is 5.67 Å². The smallest absolute Gasteiger partial charge is 0.343 e. The molecular formula is C15H11Cl2FN2O3S. The molecule has 1 atom stereocenters. The highest BCUT2D eigenvalue weighted by Gasteiger charge is 2.47. The van der Waals surface area contributed by atoms with Crippen LogP contribution in [0.2, 0.25) is 10.0 Å². The molecular weight excluding hydrogens is 378 g/mol. The molecule has 2 aromatic rings. The molecule has 2 heterocycles. The number of thiazole rings is 1. The van der Waals surface area contributed by atoms with Crippen LogP contribution in [0.1, 0.15) is 16.9 Å². The van der Waals surface area contributed by atoms with Crippen molar-refractivity contribution in [2.24, 2.45) is 0 Å². The number of hydrogen-bond acceptors (Lipinski definition) is 4. The lowest BCUT2D eigenvalue weighted by Crippen LogP contribution is -2.39. The number of carboxylic acid groups (broad SMARTS) is 1. The normalized spacial score (nSPS) is 20.4. The number of likely N-dealkylation sites (tertiary alicyclic amines) is 1. The molecule has 1 aliphatic rings. The third-order valence-electron chi connectivity index (χ3n) is 3.78. The average Bonchev–Trinajstić information content (AvgIpc) is 3.17. The van der Waals surface area contributed by atoms with Crippen LogP contribution >= 0.6 is 34.5 Å². The molecule has 5 nitrogen and oxygen atoms in total. The SMILES string of the molecule is O=C(c1csc(-c2ccc(Cl)c(Cl)c2)n1)N1CCC(F)(C(=O)O)C1. The van der Waals surface area contributed by atoms with E-state index in [4.69, 9.17) is 28.3 Å². The summed E-state index contributed by atoms with van der Waals surface area (Å²) in [5.41, 5.74) is -1.53. The van der Waals surface area contributed by atoms with E-state index in [0.29, 0.717) is 20.6 Å². The zero-order valence-electron chi connectivity index (χ0n) is 12.1. The van der Waals surface area contributed by atoms with E-state index in [1.54, 1.807) is 23.6 Å². The minimum atomic E-state index is -2.39. The standard InChI is InChI=1S/C15H11Cl2FN2O3S/c16-9-2-1-8(5-10(9)17)12-19-11(6-24-12)13(21)20-4-3-15(18,7-20)14(22)23/h1-2,5-6H,3-4,7H2,(H,22,23). The highest BCUT2D eigenvalue weighted by Crippen LogP contribution is 2.32. The summed E-state index contributed by atoms with van der Waals surface area (Å²) in [6.45, 7) is -0.429. The quantitative estimate of drug-likeness (QED) is 0.868. The minimum absolute atomic E-state index is 0.0429. The van der Waals surface area contributed by atoms with Crippen LogP contribution in [-0.4, -0.2) is 45.6 Å². The van der Waals surface area contributed by atoms with Crippen molar-refractivity contribution in [3.8, 4) is 10.6 Å². The zero-order chi connectivity index (χ0) is 17.5. The van der Waals surface area contributed by atoms with E-state index in [9.17, 15) is 14.0 Å². The van der Waals surface area contributed by atoms with Gasteiger partial charge in [-0.25, -0.2) is 14.2 Å². The Morgan fingerprint density at radius 3 is 2.71 bits per heavy atom. The van der Waals surface area contributed by atoms with E-state index < -0.39 is 24.1 Å². The maximum absolute atomic E-state index is 14.1. The summed E-state index contributed by atoms with van der Waals surface area (Å²) in [5.74, 6) is -2.04. The van der Waals surface area contributed by atoms with Crippen LogP contribution < -0.4 is 0 Å². The zero-order valence-corrected chi connectivity index (χ0v) is 14.5. The number of amides is 1. The predicted octanol–water partition coefficient (Wildman–Crippen LogP) is 3.76. The van der Waals surface area contributed by atoms with Crippen molar-refractivity contribution in [3.05, 3.63) is 39.3 Å². The number of alkyl halides is 1. The van der Waals surface area contributed by atoms with E-state index in [2.05, 4.69) is 4.98 Å². The maximum Gasteiger partial charge on any atom is 0.343 e. The molecule has 1 aliphatic heterocycles. The second-order valence-corrected chi connectivity index (χ2v) is 7.09. The van der Waals surface area contributed by atoms with Crippen LogP contribution in [0.25, 0.3) is 10.6 Å². The number of carbonyl (C=O) groups is 2. The Balaban J connectivity index is 1.79. The van der Waals surface area contributed by atoms with E-state index in [0.717, 1.165) is 0 Å². The third kappa shape index (κ3) is 3.11. The minimum Gasteiger partial charge on any atom is -0.479 e. The van der Waals surface area contributed by atoms with Gasteiger partial charge in [-0.3, -0.25) is 4.79 Å². The first kappa shape index (κ1) is 17.1. The topological polar surface area (TPSA) is 70.5 Å². The van der Waals surface area contributed by atoms with Crippen molar-refractivity contribution in [2.75, 3.05) is 13.1 Å². The Kier molecular flexibility index (Phi) is 4.50. The summed E-state index contributed by atoms with van der Waals surface area (Å²) in [7, 11) is 0. The molecule has 1 amide bonds. The number of hydrogen-bond donors (Lipinski definition) is 1. The monoisotopic (exact) mass is 388 g/mol. The number of aromatic nitrogens is 1. The van der Waals surface area contributed by atoms with Crippen LogP contribution in [0, 0.1) is 0 Å². The molecule has 1 fully saturated rings. The molecule has 1 unspecified atom stereocenters. The van der Waals surface area contributed by atoms with Gasteiger partial charge in [0.15, 0.2) is 0 Å². The van der Waals surface area contributed by atoms with Gasteiger partial charge >= 0.3 is 5.97 Å². The van der Waals surface area contributed by atoms with Crippen LogP contribution in [0.5, 0.6) is 0 Å². The highest BCUT2D eigenvalue weighted by atomic mass is 35.5. The van der Waals surface area contributed by atoms with E-state index >= 15 is 0 Å². The predicted molar refractivity (Wildman–Crippen MR) is 89.6 cm³/mol. The summed E-state index contributed by atoms with van der Waals surface area (Å²) < 4.78 is 14.1. The molecule has 1 aromatic heterocycles. The van der Waals surface area contributed by atoms with Gasteiger partial charge in [-0.05, 0) is 12.1 Å². The molecule has 0 aliphatic carbocycles. The van der Waals surface area contributed by atoms with Gasteiger partial charge in [0.05, 0.1) is 16.6 Å². The molecule has 1 aromatic carbocycles. The molecule has 24 heavy (non-hydrogen) atoms. The summed E-state index contributed by atoms with van der Waals surface area (Å²) in [6.07, 6.45) is -0.224. The Morgan fingerprint density at radius 2 is 2.08 bits per heavy atom. The van der Waals surface area contributed by atoms with Crippen LogP contribution in [0.3, 0.4) is 0 Å². The lowest BCUT2D eigenvalue weighted by Gasteiger charge is -2.16. The molecule has 0 bridgehead atoms. The maximum atomic E-state index is 14.1. The van der Waals surface area contributed by atoms with Gasteiger partial charge in [0.25, 0.3) is 5.91 Å². The molecule has 3 rings (SSSR count). The van der Waals surface area contributed by atoms with E-state index in [1.807, 2.05) is 0 Å². The summed E-state index contributed by atoms with van der Waals surface area (Å²) in [5, 5.41) is 11.8. The van der Waals surface area contributed by atoms with Gasteiger partial charge in [0, 0.05) is 23.9 Å². The molecule has 0 spiro atoms. The van der Waals surface area contributed by atoms with Gasteiger partial charge in [-0.1, -0.05) is 29.3 Å². The number of halogens is 3.